The minimum absolute atomic E-state index is 0.231. The molecule has 0 rings (SSSR count). The summed E-state index contributed by atoms with van der Waals surface area (Å²) in [5.41, 5.74) is 0. The molecule has 0 aliphatic carbocycles. The van der Waals surface area contributed by atoms with Crippen LogP contribution in [0, 0.1) is 0 Å². The van der Waals surface area contributed by atoms with Crippen LogP contribution in [-0.4, -0.2) is 79.6 Å². The first-order valence-corrected chi connectivity index (χ1v) is 6.82. The van der Waals surface area contributed by atoms with Crippen LogP contribution in [0.3, 0.4) is 0 Å². The predicted molar refractivity (Wildman–Crippen MR) is 72.0 cm³/mol. The van der Waals surface area contributed by atoms with Gasteiger partial charge in [0.25, 0.3) is 0 Å². The van der Waals surface area contributed by atoms with Crippen molar-refractivity contribution in [2.75, 3.05) is 60.0 Å². The highest BCUT2D eigenvalue weighted by Crippen LogP contribution is 2.07. The second-order valence-corrected chi connectivity index (χ2v) is 5.25. The maximum Gasteiger partial charge on any atom is 0.102 e. The minimum atomic E-state index is 0.231. The van der Waals surface area contributed by atoms with Crippen molar-refractivity contribution in [1.82, 2.24) is 4.90 Å². The van der Waals surface area contributed by atoms with Crippen LogP contribution in [0.5, 0.6) is 0 Å². The fraction of sp³-hybridized carbons (Fsp3) is 1.00. The topological polar surface area (TPSA) is 43.7 Å². The highest BCUT2D eigenvalue weighted by Gasteiger charge is 2.19. The maximum atomic E-state index is 9.13. The molecule has 104 valence electrons. The normalized spacial score (nSPS) is 15.2. The van der Waals surface area contributed by atoms with E-state index >= 15 is 0 Å². The van der Waals surface area contributed by atoms with Gasteiger partial charge in [-0.15, -0.1) is 0 Å². The highest BCUT2D eigenvalue weighted by molar-refractivity contribution is 4.51. The standard InChI is InChI=1S/C13H31N2O2/c1-4-5-9-15(3,11-13-17)10-6-7-14(2)8-12-16/h16-17H,4-13H2,1-3H3/q+1. The molecule has 0 radical (unpaired) electrons. The number of aliphatic hydroxyl groups is 2. The van der Waals surface area contributed by atoms with Gasteiger partial charge in [0.05, 0.1) is 33.4 Å². The van der Waals surface area contributed by atoms with Crippen LogP contribution in [0.1, 0.15) is 26.2 Å². The lowest BCUT2D eigenvalue weighted by Crippen LogP contribution is -2.48. The van der Waals surface area contributed by atoms with Gasteiger partial charge in [-0.05, 0) is 13.5 Å². The minimum Gasteiger partial charge on any atom is -0.395 e. The molecule has 4 heteroatoms. The molecule has 4 nitrogen and oxygen atoms in total. The molecular formula is C13H31N2O2+. The summed E-state index contributed by atoms with van der Waals surface area (Å²) in [6.07, 6.45) is 3.56. The molecule has 0 aromatic carbocycles. The average molecular weight is 247 g/mol. The smallest absolute Gasteiger partial charge is 0.102 e. The van der Waals surface area contributed by atoms with Crippen molar-refractivity contribution in [3.8, 4) is 0 Å². The van der Waals surface area contributed by atoms with Crippen LogP contribution in [0.4, 0.5) is 0 Å². The van der Waals surface area contributed by atoms with E-state index in [2.05, 4.69) is 18.9 Å². The van der Waals surface area contributed by atoms with Gasteiger partial charge in [0.2, 0.25) is 0 Å². The summed E-state index contributed by atoms with van der Waals surface area (Å²) >= 11 is 0. The highest BCUT2D eigenvalue weighted by atomic mass is 16.3. The second-order valence-electron chi connectivity index (χ2n) is 5.25. The Labute approximate surface area is 106 Å². The third-order valence-corrected chi connectivity index (χ3v) is 3.41. The van der Waals surface area contributed by atoms with Gasteiger partial charge in [-0.2, -0.15) is 0 Å². The lowest BCUT2D eigenvalue weighted by Gasteiger charge is -2.34. The Kier molecular flexibility index (Phi) is 9.74. The third-order valence-electron chi connectivity index (χ3n) is 3.41. The molecule has 0 saturated carbocycles. The zero-order chi connectivity index (χ0) is 13.1. The Morgan fingerprint density at radius 2 is 1.59 bits per heavy atom. The number of rotatable bonds is 11. The Balaban J connectivity index is 3.90. The average Bonchev–Trinajstić information content (AvgIpc) is 2.27. The molecule has 0 heterocycles. The van der Waals surface area contributed by atoms with Crippen molar-refractivity contribution in [2.24, 2.45) is 0 Å². The van der Waals surface area contributed by atoms with Crippen molar-refractivity contribution in [3.63, 3.8) is 0 Å². The number of hydrogen-bond donors (Lipinski definition) is 2. The van der Waals surface area contributed by atoms with Gasteiger partial charge in [-0.3, -0.25) is 0 Å². The molecule has 0 bridgehead atoms. The second kappa shape index (κ2) is 9.83. The Morgan fingerprint density at radius 1 is 0.941 bits per heavy atom. The molecule has 0 amide bonds. The molecule has 1 atom stereocenters. The predicted octanol–water partition coefficient (Wildman–Crippen LogP) is 0.540. The Hall–Kier alpha value is -0.160. The van der Waals surface area contributed by atoms with Crippen molar-refractivity contribution in [3.05, 3.63) is 0 Å². The molecule has 0 aromatic heterocycles. The monoisotopic (exact) mass is 247 g/mol. The maximum absolute atomic E-state index is 9.13. The molecule has 0 aliphatic rings. The zero-order valence-corrected chi connectivity index (χ0v) is 11.9. The van der Waals surface area contributed by atoms with E-state index in [9.17, 15) is 0 Å². The van der Waals surface area contributed by atoms with Crippen molar-refractivity contribution >= 4 is 0 Å². The summed E-state index contributed by atoms with van der Waals surface area (Å²) in [6.45, 7) is 7.59. The molecule has 17 heavy (non-hydrogen) atoms. The first kappa shape index (κ1) is 16.8. The first-order valence-electron chi connectivity index (χ1n) is 6.82. The van der Waals surface area contributed by atoms with E-state index in [0.717, 1.165) is 43.6 Å². The van der Waals surface area contributed by atoms with Gasteiger partial charge < -0.3 is 19.6 Å². The summed E-state index contributed by atoms with van der Waals surface area (Å²) in [5.74, 6) is 0. The van der Waals surface area contributed by atoms with Crippen molar-refractivity contribution in [2.45, 2.75) is 26.2 Å². The molecular weight excluding hydrogens is 216 g/mol. The van der Waals surface area contributed by atoms with Gasteiger partial charge in [0.1, 0.15) is 6.54 Å². The number of hydrogen-bond acceptors (Lipinski definition) is 3. The lowest BCUT2D eigenvalue weighted by atomic mass is 10.2. The SMILES string of the molecule is CCCC[N+](C)(CCO)CCCN(C)CCO. The van der Waals surface area contributed by atoms with E-state index in [1.54, 1.807) is 0 Å². The number of quaternary nitrogens is 1. The summed E-state index contributed by atoms with van der Waals surface area (Å²) in [5, 5.41) is 18.0. The van der Waals surface area contributed by atoms with Gasteiger partial charge >= 0.3 is 0 Å². The third kappa shape index (κ3) is 8.55. The van der Waals surface area contributed by atoms with Crippen LogP contribution < -0.4 is 0 Å². The molecule has 0 fully saturated rings. The van der Waals surface area contributed by atoms with Crippen LogP contribution in [0.25, 0.3) is 0 Å². The number of nitrogens with zero attached hydrogens (tertiary/aromatic N) is 2. The summed E-state index contributed by atoms with van der Waals surface area (Å²) in [7, 11) is 4.27. The zero-order valence-electron chi connectivity index (χ0n) is 11.9. The molecule has 1 unspecified atom stereocenters. The van der Waals surface area contributed by atoms with E-state index in [1.807, 2.05) is 7.05 Å². The molecule has 0 aromatic rings. The van der Waals surface area contributed by atoms with Crippen LogP contribution >= 0.6 is 0 Å². The van der Waals surface area contributed by atoms with Crippen molar-refractivity contribution < 1.29 is 14.7 Å². The van der Waals surface area contributed by atoms with E-state index < -0.39 is 0 Å². The van der Waals surface area contributed by atoms with E-state index in [-0.39, 0.29) is 13.2 Å². The van der Waals surface area contributed by atoms with E-state index in [0.29, 0.717) is 0 Å². The molecule has 0 saturated heterocycles. The molecule has 2 N–H and O–H groups in total. The fourth-order valence-electron chi connectivity index (χ4n) is 2.12. The largest absolute Gasteiger partial charge is 0.395 e. The Bertz CT molecular complexity index is 179. The van der Waals surface area contributed by atoms with Gasteiger partial charge in [0, 0.05) is 19.5 Å². The summed E-state index contributed by atoms with van der Waals surface area (Å²) in [6, 6.07) is 0. The van der Waals surface area contributed by atoms with Crippen LogP contribution in [-0.2, 0) is 0 Å². The van der Waals surface area contributed by atoms with E-state index in [4.69, 9.17) is 10.2 Å². The van der Waals surface area contributed by atoms with Gasteiger partial charge in [-0.25, -0.2) is 0 Å². The van der Waals surface area contributed by atoms with Gasteiger partial charge in [-0.1, -0.05) is 13.3 Å². The quantitative estimate of drug-likeness (QED) is 0.524. The number of aliphatic hydroxyl groups excluding tert-OH is 2. The number of likely N-dealkylation sites (N-methyl/N-ethyl adjacent to an activating group) is 2. The van der Waals surface area contributed by atoms with Crippen molar-refractivity contribution in [1.29, 1.82) is 0 Å². The summed E-state index contributed by atoms with van der Waals surface area (Å²) in [4.78, 5) is 2.16. The summed E-state index contributed by atoms with van der Waals surface area (Å²) < 4.78 is 0.970. The van der Waals surface area contributed by atoms with Gasteiger partial charge in [0.15, 0.2) is 0 Å². The lowest BCUT2D eigenvalue weighted by molar-refractivity contribution is -0.910. The fourth-order valence-corrected chi connectivity index (χ4v) is 2.12. The number of unbranched alkanes of at least 4 members (excludes halogenated alkanes) is 1. The van der Waals surface area contributed by atoms with E-state index in [1.165, 1.54) is 12.8 Å². The first-order chi connectivity index (χ1) is 8.08. The molecule has 0 aliphatic heterocycles. The molecule has 0 spiro atoms. The Morgan fingerprint density at radius 3 is 2.12 bits per heavy atom. The van der Waals surface area contributed by atoms with Crippen LogP contribution in [0.15, 0.2) is 0 Å². The van der Waals surface area contributed by atoms with Crippen LogP contribution in [0.2, 0.25) is 0 Å².